The number of nitrogens with one attached hydrogen (secondary N) is 1. The van der Waals surface area contributed by atoms with Crippen LogP contribution in [0.3, 0.4) is 0 Å². The number of nitriles is 2. The summed E-state index contributed by atoms with van der Waals surface area (Å²) in [6, 6.07) is 8.18. The van der Waals surface area contributed by atoms with E-state index in [-0.39, 0.29) is 5.41 Å². The lowest BCUT2D eigenvalue weighted by molar-refractivity contribution is 0.364. The van der Waals surface area contributed by atoms with E-state index in [0.29, 0.717) is 24.2 Å². The molecule has 0 saturated carbocycles. The van der Waals surface area contributed by atoms with E-state index in [1.54, 1.807) is 6.07 Å². The van der Waals surface area contributed by atoms with Crippen molar-refractivity contribution in [1.82, 2.24) is 0 Å². The van der Waals surface area contributed by atoms with Crippen molar-refractivity contribution in [2.45, 2.75) is 26.7 Å². The highest BCUT2D eigenvalue weighted by molar-refractivity contribution is 5.57. The molecule has 0 atom stereocenters. The topological polar surface area (TPSA) is 59.6 Å². The van der Waals surface area contributed by atoms with Crippen LogP contribution in [0.1, 0.15) is 32.3 Å². The predicted octanol–water partition coefficient (Wildman–Crippen LogP) is 3.44. The zero-order valence-electron chi connectivity index (χ0n) is 10.6. The van der Waals surface area contributed by atoms with Crippen LogP contribution in [-0.4, -0.2) is 6.54 Å². The maximum atomic E-state index is 13.0. The molecule has 0 saturated heterocycles. The molecule has 0 bridgehead atoms. The molecule has 1 rings (SSSR count). The quantitative estimate of drug-likeness (QED) is 0.864. The van der Waals surface area contributed by atoms with Crippen LogP contribution in [0.15, 0.2) is 18.2 Å². The van der Waals surface area contributed by atoms with Gasteiger partial charge in [-0.3, -0.25) is 0 Å². The smallest absolute Gasteiger partial charge is 0.124 e. The van der Waals surface area contributed by atoms with Crippen molar-refractivity contribution in [3.63, 3.8) is 0 Å². The molecule has 1 aromatic rings. The maximum Gasteiger partial charge on any atom is 0.124 e. The average molecular weight is 245 g/mol. The van der Waals surface area contributed by atoms with Gasteiger partial charge >= 0.3 is 0 Å². The lowest BCUT2D eigenvalue weighted by Crippen LogP contribution is -2.23. The summed E-state index contributed by atoms with van der Waals surface area (Å²) in [6.45, 7) is 4.73. The molecule has 0 heterocycles. The number of benzene rings is 1. The summed E-state index contributed by atoms with van der Waals surface area (Å²) >= 11 is 0. The van der Waals surface area contributed by atoms with Gasteiger partial charge in [-0.15, -0.1) is 0 Å². The van der Waals surface area contributed by atoms with Crippen molar-refractivity contribution >= 4 is 5.69 Å². The van der Waals surface area contributed by atoms with Gasteiger partial charge in [0, 0.05) is 13.0 Å². The first kappa shape index (κ1) is 14.0. The fourth-order valence-corrected chi connectivity index (χ4v) is 1.58. The molecular weight excluding hydrogens is 229 g/mol. The second-order valence-corrected chi connectivity index (χ2v) is 4.98. The minimum atomic E-state index is -0.416. The second kappa shape index (κ2) is 6.02. The Morgan fingerprint density at radius 1 is 1.33 bits per heavy atom. The molecule has 0 unspecified atom stereocenters. The van der Waals surface area contributed by atoms with E-state index in [1.165, 1.54) is 12.1 Å². The van der Waals surface area contributed by atoms with Crippen LogP contribution in [-0.2, 0) is 0 Å². The molecule has 0 aliphatic carbocycles. The molecule has 0 spiro atoms. The van der Waals surface area contributed by atoms with Gasteiger partial charge in [0.05, 0.1) is 17.3 Å². The Morgan fingerprint density at radius 3 is 2.67 bits per heavy atom. The second-order valence-electron chi connectivity index (χ2n) is 4.98. The summed E-state index contributed by atoms with van der Waals surface area (Å²) in [5.74, 6) is -0.416. The molecule has 1 aromatic carbocycles. The highest BCUT2D eigenvalue weighted by Crippen LogP contribution is 2.24. The van der Waals surface area contributed by atoms with E-state index < -0.39 is 5.82 Å². The first-order chi connectivity index (χ1) is 8.48. The monoisotopic (exact) mass is 245 g/mol. The predicted molar refractivity (Wildman–Crippen MR) is 68.2 cm³/mol. The molecule has 1 N–H and O–H groups in total. The molecule has 0 radical (unpaired) electrons. The van der Waals surface area contributed by atoms with Gasteiger partial charge in [-0.2, -0.15) is 10.5 Å². The van der Waals surface area contributed by atoms with Crippen LogP contribution in [0.4, 0.5) is 10.1 Å². The molecule has 94 valence electrons. The molecule has 18 heavy (non-hydrogen) atoms. The third-order valence-electron chi connectivity index (χ3n) is 2.77. The van der Waals surface area contributed by atoms with Crippen LogP contribution in [0.2, 0.25) is 0 Å². The summed E-state index contributed by atoms with van der Waals surface area (Å²) in [6.07, 6.45) is 1.28. The summed E-state index contributed by atoms with van der Waals surface area (Å²) < 4.78 is 13.0. The molecule has 4 heteroatoms. The molecule has 3 nitrogen and oxygen atoms in total. The standard InChI is InChI=1S/C14H16FN3/c1-14(2,6-3-7-16)10-18-13-5-4-12(15)8-11(13)9-17/h4-5,8,18H,3,6,10H2,1-2H3. The Kier molecular flexibility index (Phi) is 4.68. The number of nitrogens with zero attached hydrogens (tertiary/aromatic N) is 2. The van der Waals surface area contributed by atoms with E-state index in [4.69, 9.17) is 10.5 Å². The first-order valence-electron chi connectivity index (χ1n) is 5.79. The van der Waals surface area contributed by atoms with E-state index in [1.807, 2.05) is 19.9 Å². The van der Waals surface area contributed by atoms with Gasteiger partial charge in [0.2, 0.25) is 0 Å². The fourth-order valence-electron chi connectivity index (χ4n) is 1.58. The van der Waals surface area contributed by atoms with Gasteiger partial charge in [0.15, 0.2) is 0 Å². The Morgan fingerprint density at radius 2 is 2.06 bits per heavy atom. The van der Waals surface area contributed by atoms with Crippen LogP contribution in [0, 0.1) is 33.9 Å². The third-order valence-corrected chi connectivity index (χ3v) is 2.77. The number of hydrogen-bond donors (Lipinski definition) is 1. The summed E-state index contributed by atoms with van der Waals surface area (Å²) in [4.78, 5) is 0. The minimum absolute atomic E-state index is 0.0448. The SMILES string of the molecule is CC(C)(CCC#N)CNc1ccc(F)cc1C#N. The molecule has 0 aromatic heterocycles. The largest absolute Gasteiger partial charge is 0.383 e. The summed E-state index contributed by atoms with van der Waals surface area (Å²) in [5, 5.41) is 20.6. The Labute approximate surface area is 107 Å². The Hall–Kier alpha value is -2.07. The van der Waals surface area contributed by atoms with Crippen molar-refractivity contribution in [1.29, 1.82) is 10.5 Å². The van der Waals surface area contributed by atoms with E-state index >= 15 is 0 Å². The number of hydrogen-bond acceptors (Lipinski definition) is 3. The van der Waals surface area contributed by atoms with Crippen LogP contribution in [0.25, 0.3) is 0 Å². The number of anilines is 1. The number of halogens is 1. The summed E-state index contributed by atoms with van der Waals surface area (Å²) in [7, 11) is 0. The van der Waals surface area contributed by atoms with E-state index in [0.717, 1.165) is 6.42 Å². The molecular formula is C14H16FN3. The van der Waals surface area contributed by atoms with Gasteiger partial charge in [-0.05, 0) is 30.0 Å². The Bertz CT molecular complexity index is 495. The van der Waals surface area contributed by atoms with Crippen molar-refractivity contribution < 1.29 is 4.39 Å². The molecule has 0 aliphatic heterocycles. The fraction of sp³-hybridized carbons (Fsp3) is 0.429. The van der Waals surface area contributed by atoms with Crippen molar-refractivity contribution in [2.75, 3.05) is 11.9 Å². The number of rotatable bonds is 5. The van der Waals surface area contributed by atoms with Crippen LogP contribution < -0.4 is 5.32 Å². The van der Waals surface area contributed by atoms with Gasteiger partial charge < -0.3 is 5.32 Å². The van der Waals surface area contributed by atoms with Crippen molar-refractivity contribution in [3.8, 4) is 12.1 Å². The van der Waals surface area contributed by atoms with E-state index in [2.05, 4.69) is 11.4 Å². The zero-order chi connectivity index (χ0) is 13.6. The Balaban J connectivity index is 2.70. The third kappa shape index (κ3) is 4.07. The molecule has 0 aliphatic rings. The normalized spacial score (nSPS) is 10.5. The maximum absolute atomic E-state index is 13.0. The van der Waals surface area contributed by atoms with Gasteiger partial charge in [-0.25, -0.2) is 4.39 Å². The zero-order valence-corrected chi connectivity index (χ0v) is 10.6. The first-order valence-corrected chi connectivity index (χ1v) is 5.79. The van der Waals surface area contributed by atoms with Crippen LogP contribution >= 0.6 is 0 Å². The minimum Gasteiger partial charge on any atom is -0.383 e. The van der Waals surface area contributed by atoms with Gasteiger partial charge in [-0.1, -0.05) is 13.8 Å². The average Bonchev–Trinajstić information content (AvgIpc) is 2.35. The van der Waals surface area contributed by atoms with Gasteiger partial charge in [0.1, 0.15) is 11.9 Å². The summed E-state index contributed by atoms with van der Waals surface area (Å²) in [5.41, 5.74) is 0.881. The lowest BCUT2D eigenvalue weighted by Gasteiger charge is -2.24. The molecule has 0 fully saturated rings. The van der Waals surface area contributed by atoms with Crippen molar-refractivity contribution in [2.24, 2.45) is 5.41 Å². The van der Waals surface area contributed by atoms with E-state index in [9.17, 15) is 4.39 Å². The highest BCUT2D eigenvalue weighted by atomic mass is 19.1. The van der Waals surface area contributed by atoms with Gasteiger partial charge in [0.25, 0.3) is 0 Å². The van der Waals surface area contributed by atoms with Crippen molar-refractivity contribution in [3.05, 3.63) is 29.6 Å². The highest BCUT2D eigenvalue weighted by Gasteiger charge is 2.17. The van der Waals surface area contributed by atoms with Crippen LogP contribution in [0.5, 0.6) is 0 Å². The lowest BCUT2D eigenvalue weighted by atomic mass is 9.88. The molecule has 0 amide bonds.